The number of nitrogens with zero attached hydrogens (tertiary/aromatic N) is 20. The summed E-state index contributed by atoms with van der Waals surface area (Å²) < 4.78 is 102. The zero-order valence-electron chi connectivity index (χ0n) is 76.7. The van der Waals surface area contributed by atoms with Crippen LogP contribution in [0.3, 0.4) is 0 Å². The van der Waals surface area contributed by atoms with Crippen LogP contribution in [-0.2, 0) is 59.7 Å². The predicted molar refractivity (Wildman–Crippen MR) is 531 cm³/mol. The number of ether oxygens (including phenoxy) is 3. The van der Waals surface area contributed by atoms with Gasteiger partial charge in [-0.2, -0.15) is 80.6 Å². The molecule has 0 bridgehead atoms. The fourth-order valence-corrected chi connectivity index (χ4v) is 20.4. The summed E-state index contributed by atoms with van der Waals surface area (Å²) in [5.74, 6) is -0.967. The van der Waals surface area contributed by atoms with Gasteiger partial charge in [0.15, 0.2) is 11.7 Å². The van der Waals surface area contributed by atoms with Crippen molar-refractivity contribution in [3.8, 4) is 18.0 Å². The smallest absolute Gasteiger partial charge is 0.318 e. The molecule has 133 heavy (non-hydrogen) atoms. The maximum absolute atomic E-state index is 14.7. The highest BCUT2D eigenvalue weighted by Crippen LogP contribution is 2.44. The molecular formula is C95H137F6N23O6S3. The Labute approximate surface area is 799 Å². The van der Waals surface area contributed by atoms with Crippen LogP contribution in [0.4, 0.5) is 66.5 Å². The molecule has 0 saturated carbocycles. The van der Waals surface area contributed by atoms with Gasteiger partial charge in [0.25, 0.3) is 11.8 Å². The van der Waals surface area contributed by atoms with Crippen LogP contribution in [0.15, 0.2) is 67.6 Å². The number of halogens is 6. The number of likely N-dealkylation sites (tertiary alicyclic amines) is 3. The number of anilines is 7. The molecule has 18 rings (SSSR count). The molecule has 3 amide bonds. The van der Waals surface area contributed by atoms with E-state index in [1.54, 1.807) is 25.7 Å². The van der Waals surface area contributed by atoms with Crippen LogP contribution in [0, 0.1) is 41.5 Å². The summed E-state index contributed by atoms with van der Waals surface area (Å²) in [7, 11) is 5.74. The van der Waals surface area contributed by atoms with Gasteiger partial charge in [-0.15, -0.1) is 0 Å². The average Bonchev–Trinajstić information content (AvgIpc) is 1.73. The van der Waals surface area contributed by atoms with Gasteiger partial charge in [-0.05, 0) is 167 Å². The second-order valence-electron chi connectivity index (χ2n) is 36.9. The second-order valence-corrected chi connectivity index (χ2v) is 36.9. The first-order valence-corrected chi connectivity index (χ1v) is 44.4. The standard InChI is InChI=1S/C31H40F2N8O2.C31H41F2N7O2.C30H38F2N8O2.3CH4.3H2S/c1-20-14-25-24(16-34-37-25)28(21(20)2)41-9-7-23-26(17-41)35-30(43-18-22-15-31(3,33)19-38(22)4)36-29(23)40-12-10-39(11-13-40)27(42)6-5-8-32;1-19-14-25-23(6-8-34-25)27(20(19)2)40-9-7-24-26(16-40)35-30(42-17-22-15-31(4,33)18-37(22)5)36-28(24)38-10-12-39(13-11-38)29(41)21(3)32;1-18-12-24-23(14-33-36-24)26(19(18)2)40-7-6-22-25(15-40)34-29(42-16-21-13-30(4,32)17-37(21)5)35-27(22)38-8-10-39(11-9-38)28(41)20(3)31;;;;;;/h5-6,14,16,22H,7-13,15,17-19H2,1-4H3,(H,34,37);14,22,34H,3,6-13,15-18H2,1-2,4-5H3;12,14,21H,3,6-11,13,15-17H2,1-2,4-5H3,(H,33,36);3*1H4;3*1H2/b6-5+;;;;;;;;/t2*22-,31?;21-,30?;;;;;;/m000....../s1. The minimum atomic E-state index is -1.25. The number of alkyl halides is 4. The number of allylic oxidation sites excluding steroid dienone is 1. The Morgan fingerprint density at radius 3 is 1.12 bits per heavy atom. The van der Waals surface area contributed by atoms with E-state index in [4.69, 9.17) is 44.1 Å². The molecule has 0 radical (unpaired) electrons. The molecule has 15 heterocycles. The maximum atomic E-state index is 14.7. The number of nitrogens with one attached hydrogen (secondary N) is 3. The van der Waals surface area contributed by atoms with E-state index in [9.17, 15) is 40.7 Å². The first-order chi connectivity index (χ1) is 60.6. The Bertz CT molecular complexity index is 5550. The van der Waals surface area contributed by atoms with Crippen molar-refractivity contribution < 1.29 is 54.9 Å². The summed E-state index contributed by atoms with van der Waals surface area (Å²) in [6.07, 6.45) is 10.7. The van der Waals surface area contributed by atoms with E-state index in [2.05, 4.69) is 128 Å². The zero-order chi connectivity index (χ0) is 89.8. The van der Waals surface area contributed by atoms with Crippen LogP contribution < -0.4 is 48.9 Å². The molecule has 10 aliphatic heterocycles. The van der Waals surface area contributed by atoms with E-state index in [1.165, 1.54) is 72.3 Å². The van der Waals surface area contributed by atoms with Crippen LogP contribution in [0.1, 0.15) is 135 Å². The monoisotopic (exact) mass is 1910 g/mol. The number of fused-ring (bicyclic) bond motifs is 6. The van der Waals surface area contributed by atoms with Crippen molar-refractivity contribution in [3.05, 3.63) is 140 Å². The van der Waals surface area contributed by atoms with Gasteiger partial charge in [-0.1, -0.05) is 35.4 Å². The van der Waals surface area contributed by atoms with Crippen molar-refractivity contribution in [2.24, 2.45) is 0 Å². The lowest BCUT2D eigenvalue weighted by Crippen LogP contribution is -2.49. The van der Waals surface area contributed by atoms with Gasteiger partial charge in [0.2, 0.25) is 5.91 Å². The number of carbonyl (C=O) groups is 3. The van der Waals surface area contributed by atoms with Crippen LogP contribution in [0.2, 0.25) is 0 Å². The number of aromatic amines is 2. The number of amides is 3. The topological polar surface area (TPSA) is 265 Å². The molecule has 0 aliphatic carbocycles. The fraction of sp³-hybridized carbons (Fsp3) is 0.568. The van der Waals surface area contributed by atoms with Crippen LogP contribution in [0.25, 0.3) is 21.8 Å². The number of aryl methyl sites for hydroxylation is 3. The number of H-pyrrole nitrogens is 2. The summed E-state index contributed by atoms with van der Waals surface area (Å²) in [5.41, 5.74) is 17.7. The van der Waals surface area contributed by atoms with Crippen molar-refractivity contribution in [3.63, 3.8) is 0 Å². The van der Waals surface area contributed by atoms with Gasteiger partial charge in [0, 0.05) is 212 Å². The van der Waals surface area contributed by atoms with E-state index in [1.807, 2.05) is 48.2 Å². The third-order valence-corrected chi connectivity index (χ3v) is 27.3. The minimum Gasteiger partial charge on any atom is -0.462 e. The predicted octanol–water partition coefficient (Wildman–Crippen LogP) is 12.8. The molecule has 38 heteroatoms. The first kappa shape index (κ1) is 105. The number of hydrogen-bond acceptors (Lipinski definition) is 24. The van der Waals surface area contributed by atoms with Gasteiger partial charge in [-0.25, -0.2) is 26.3 Å². The maximum Gasteiger partial charge on any atom is 0.318 e. The number of rotatable bonds is 19. The number of hydrogen-bond donors (Lipinski definition) is 3. The summed E-state index contributed by atoms with van der Waals surface area (Å²) >= 11 is 0. The molecule has 8 aromatic rings. The number of piperazine rings is 3. The minimum absolute atomic E-state index is 0. The van der Waals surface area contributed by atoms with E-state index < -0.39 is 47.1 Å². The molecule has 0 spiro atoms. The Morgan fingerprint density at radius 1 is 0.459 bits per heavy atom. The van der Waals surface area contributed by atoms with Crippen molar-refractivity contribution in [2.45, 2.75) is 184 Å². The van der Waals surface area contributed by atoms with Gasteiger partial charge in [-0.3, -0.25) is 39.3 Å². The van der Waals surface area contributed by atoms with Gasteiger partial charge in [0.1, 0.15) is 61.0 Å². The Morgan fingerprint density at radius 2 is 0.789 bits per heavy atom. The summed E-state index contributed by atoms with van der Waals surface area (Å²) in [6.45, 7) is 36.3. The molecule has 3 aromatic carbocycles. The van der Waals surface area contributed by atoms with Crippen molar-refractivity contribution in [1.82, 2.24) is 79.7 Å². The molecule has 29 nitrogen and oxygen atoms in total. The number of carbonyl (C=O) groups excluding carboxylic acids is 3. The van der Waals surface area contributed by atoms with E-state index in [0.717, 1.165) is 136 Å². The number of benzene rings is 3. The highest BCUT2D eigenvalue weighted by Gasteiger charge is 2.44. The van der Waals surface area contributed by atoms with Gasteiger partial charge >= 0.3 is 18.0 Å². The summed E-state index contributed by atoms with van der Waals surface area (Å²) in [4.78, 5) is 90.4. The SMILES string of the molecule is C.C.C.C=C(F)C(=O)N1CCN(c2nc(OC[C@@H]3CC(C)(F)CN3C)nc3c2CCN(c2c(C)c(C)cc4[nH]ncc24)C3)CC1.C=C(F)C(=O)N1CCN(c2nc(OC[C@@H]3CC(C)(F)CN3C)nc3c2CCN(c2c(C)c(C)cc4c2CCN4)C3)CC1.Cc1cc2[nH]ncc2c(N2CCc3c(nc(OC[C@@H]4CC(C)(F)CN4C)nc3N3CCN(C(=O)/C=C/CF)CC3)C2)c1C.S.S.S. The lowest BCUT2D eigenvalue weighted by atomic mass is 9.96. The second kappa shape index (κ2) is 43.3. The lowest BCUT2D eigenvalue weighted by molar-refractivity contribution is -0.129. The van der Waals surface area contributed by atoms with Crippen molar-refractivity contribution in [1.29, 1.82) is 0 Å². The quantitative estimate of drug-likeness (QED) is 0.0502. The van der Waals surface area contributed by atoms with Crippen molar-refractivity contribution in [2.75, 3.05) is 207 Å². The molecule has 10 aliphatic rings. The fourth-order valence-electron chi connectivity index (χ4n) is 20.4. The zero-order valence-corrected chi connectivity index (χ0v) is 79.7. The highest BCUT2D eigenvalue weighted by molar-refractivity contribution is 7.59. The van der Waals surface area contributed by atoms with E-state index in [0.29, 0.717) is 150 Å². The van der Waals surface area contributed by atoms with Crippen LogP contribution >= 0.6 is 40.5 Å². The molecule has 3 unspecified atom stereocenters. The van der Waals surface area contributed by atoms with E-state index >= 15 is 0 Å². The van der Waals surface area contributed by atoms with Crippen molar-refractivity contribution >= 4 is 120 Å². The molecule has 6 atom stereocenters. The summed E-state index contributed by atoms with van der Waals surface area (Å²) in [5, 5.41) is 20.5. The molecular weight excluding hydrogens is 1770 g/mol. The highest BCUT2D eigenvalue weighted by atomic mass is 32.1. The largest absolute Gasteiger partial charge is 0.462 e. The van der Waals surface area contributed by atoms with Crippen LogP contribution in [0.5, 0.6) is 18.0 Å². The van der Waals surface area contributed by atoms with Gasteiger partial charge < -0.3 is 63.6 Å². The normalized spacial score (nSPS) is 22.3. The summed E-state index contributed by atoms with van der Waals surface area (Å²) in [6, 6.07) is 7.13. The average molecular weight is 1910 g/mol. The number of aromatic nitrogens is 10. The Kier molecular flexibility index (Phi) is 34.2. The number of likely N-dealkylation sites (N-methyl/N-ethyl adjacent to an activating group) is 3. The van der Waals surface area contributed by atoms with Crippen LogP contribution in [-0.4, -0.2) is 305 Å². The van der Waals surface area contributed by atoms with E-state index in [-0.39, 0.29) is 111 Å². The molecule has 6 saturated heterocycles. The molecule has 3 N–H and O–H groups in total. The molecule has 5 aromatic heterocycles. The lowest BCUT2D eigenvalue weighted by Gasteiger charge is -2.38. The molecule has 6 fully saturated rings. The first-order valence-electron chi connectivity index (χ1n) is 44.4. The Balaban J connectivity index is 0.000000202. The van der Waals surface area contributed by atoms with Gasteiger partial charge in [0.05, 0.1) is 71.5 Å². The Hall–Kier alpha value is -10.0. The third kappa shape index (κ3) is 22.7. The molecule has 728 valence electrons. The third-order valence-electron chi connectivity index (χ3n) is 27.3.